The lowest BCUT2D eigenvalue weighted by atomic mass is 10.1. The topological polar surface area (TPSA) is 52.0 Å². The number of hydrogen-bond acceptors (Lipinski definition) is 4. The standard InChI is InChI=1S/C12H16N4/c1-16-6-4-10(9-16)8-15-12-11(7-13)3-2-5-14-12/h2-3,5,10H,4,6,8-9H2,1H3,(H,14,15). The molecule has 1 atom stereocenters. The summed E-state index contributed by atoms with van der Waals surface area (Å²) in [5.74, 6) is 1.37. The monoisotopic (exact) mass is 216 g/mol. The first-order chi connectivity index (χ1) is 7.79. The SMILES string of the molecule is CN1CCC(CNc2ncccc2C#N)C1. The van der Waals surface area contributed by atoms with Crippen LogP contribution in [0.15, 0.2) is 18.3 Å². The summed E-state index contributed by atoms with van der Waals surface area (Å²) in [4.78, 5) is 6.51. The molecule has 0 aromatic carbocycles. The Morgan fingerprint density at radius 1 is 1.69 bits per heavy atom. The third-order valence-electron chi connectivity index (χ3n) is 2.98. The van der Waals surface area contributed by atoms with Gasteiger partial charge in [0.25, 0.3) is 0 Å². The normalized spacial score (nSPS) is 20.6. The highest BCUT2D eigenvalue weighted by atomic mass is 15.1. The van der Waals surface area contributed by atoms with E-state index in [-0.39, 0.29) is 0 Å². The number of nitrogens with zero attached hydrogens (tertiary/aromatic N) is 3. The van der Waals surface area contributed by atoms with E-state index in [2.05, 4.69) is 28.3 Å². The first kappa shape index (κ1) is 10.9. The van der Waals surface area contributed by atoms with E-state index in [1.165, 1.54) is 13.0 Å². The van der Waals surface area contributed by atoms with Crippen LogP contribution in [0.5, 0.6) is 0 Å². The summed E-state index contributed by atoms with van der Waals surface area (Å²) in [6.07, 6.45) is 2.93. The van der Waals surface area contributed by atoms with E-state index >= 15 is 0 Å². The molecule has 4 heteroatoms. The molecule has 1 aromatic rings. The van der Waals surface area contributed by atoms with E-state index in [0.29, 0.717) is 17.3 Å². The molecule has 0 amide bonds. The van der Waals surface area contributed by atoms with Crippen molar-refractivity contribution in [1.82, 2.24) is 9.88 Å². The highest BCUT2D eigenvalue weighted by molar-refractivity contribution is 5.51. The molecule has 4 nitrogen and oxygen atoms in total. The van der Waals surface area contributed by atoms with Crippen molar-refractivity contribution < 1.29 is 0 Å². The lowest BCUT2D eigenvalue weighted by Gasteiger charge is -2.12. The van der Waals surface area contributed by atoms with E-state index in [9.17, 15) is 0 Å². The molecule has 16 heavy (non-hydrogen) atoms. The number of rotatable bonds is 3. The van der Waals surface area contributed by atoms with Crippen LogP contribution in [0.2, 0.25) is 0 Å². The third-order valence-corrected chi connectivity index (χ3v) is 2.98. The fourth-order valence-electron chi connectivity index (χ4n) is 2.07. The average Bonchev–Trinajstić information content (AvgIpc) is 2.73. The summed E-state index contributed by atoms with van der Waals surface area (Å²) < 4.78 is 0. The van der Waals surface area contributed by atoms with Crippen molar-refractivity contribution >= 4 is 5.82 Å². The summed E-state index contributed by atoms with van der Waals surface area (Å²) in [6.45, 7) is 3.19. The van der Waals surface area contributed by atoms with Crippen molar-refractivity contribution in [2.75, 3.05) is 32.0 Å². The van der Waals surface area contributed by atoms with Crippen LogP contribution in [0, 0.1) is 17.2 Å². The second-order valence-electron chi connectivity index (χ2n) is 4.31. The molecule has 1 aliphatic heterocycles. The molecule has 0 spiro atoms. The average molecular weight is 216 g/mol. The fraction of sp³-hybridized carbons (Fsp3) is 0.500. The molecule has 1 aliphatic rings. The Kier molecular flexibility index (Phi) is 3.37. The molecule has 0 aliphatic carbocycles. The molecule has 0 radical (unpaired) electrons. The number of likely N-dealkylation sites (tertiary alicyclic amines) is 1. The minimum atomic E-state index is 0.619. The van der Waals surface area contributed by atoms with Crippen LogP contribution in [0.4, 0.5) is 5.82 Å². The van der Waals surface area contributed by atoms with E-state index in [0.717, 1.165) is 13.1 Å². The van der Waals surface area contributed by atoms with Crippen molar-refractivity contribution in [2.45, 2.75) is 6.42 Å². The van der Waals surface area contributed by atoms with Gasteiger partial charge in [0.2, 0.25) is 0 Å². The molecular weight excluding hydrogens is 200 g/mol. The maximum Gasteiger partial charge on any atom is 0.143 e. The number of anilines is 1. The van der Waals surface area contributed by atoms with Crippen molar-refractivity contribution in [3.05, 3.63) is 23.9 Å². The Hall–Kier alpha value is -1.60. The zero-order valence-electron chi connectivity index (χ0n) is 9.48. The predicted octanol–water partition coefficient (Wildman–Crippen LogP) is 1.32. The molecule has 1 saturated heterocycles. The van der Waals surface area contributed by atoms with Gasteiger partial charge in [0, 0.05) is 19.3 Å². The van der Waals surface area contributed by atoms with E-state index in [1.54, 1.807) is 18.3 Å². The quantitative estimate of drug-likeness (QED) is 0.828. The van der Waals surface area contributed by atoms with Crippen LogP contribution in [0.25, 0.3) is 0 Å². The summed E-state index contributed by atoms with van der Waals surface area (Å²) in [5.41, 5.74) is 0.619. The smallest absolute Gasteiger partial charge is 0.143 e. The molecule has 0 bridgehead atoms. The van der Waals surface area contributed by atoms with E-state index in [4.69, 9.17) is 5.26 Å². The molecule has 1 aromatic heterocycles. The van der Waals surface area contributed by atoms with Gasteiger partial charge in [0.1, 0.15) is 11.9 Å². The van der Waals surface area contributed by atoms with Crippen molar-refractivity contribution in [3.8, 4) is 6.07 Å². The minimum absolute atomic E-state index is 0.619. The molecule has 1 fully saturated rings. The fourth-order valence-corrected chi connectivity index (χ4v) is 2.07. The molecule has 2 rings (SSSR count). The van der Waals surface area contributed by atoms with Crippen LogP contribution in [-0.2, 0) is 0 Å². The lowest BCUT2D eigenvalue weighted by Crippen LogP contribution is -2.19. The summed E-state index contributed by atoms with van der Waals surface area (Å²) in [7, 11) is 2.14. The third kappa shape index (κ3) is 2.50. The summed E-state index contributed by atoms with van der Waals surface area (Å²) in [5, 5.41) is 12.2. The Morgan fingerprint density at radius 2 is 2.56 bits per heavy atom. The first-order valence-corrected chi connectivity index (χ1v) is 5.57. The van der Waals surface area contributed by atoms with Gasteiger partial charge in [-0.2, -0.15) is 5.26 Å². The van der Waals surface area contributed by atoms with Crippen LogP contribution < -0.4 is 5.32 Å². The molecule has 1 unspecified atom stereocenters. The maximum atomic E-state index is 8.91. The van der Waals surface area contributed by atoms with Gasteiger partial charge in [-0.25, -0.2) is 4.98 Å². The number of nitriles is 1. The number of nitrogens with one attached hydrogen (secondary N) is 1. The number of hydrogen-bond donors (Lipinski definition) is 1. The van der Waals surface area contributed by atoms with Crippen molar-refractivity contribution in [2.24, 2.45) is 5.92 Å². The van der Waals surface area contributed by atoms with Gasteiger partial charge < -0.3 is 10.2 Å². The molecule has 2 heterocycles. The molecule has 84 valence electrons. The Morgan fingerprint density at radius 3 is 3.25 bits per heavy atom. The van der Waals surface area contributed by atoms with Crippen LogP contribution in [0.3, 0.4) is 0 Å². The Labute approximate surface area is 95.9 Å². The van der Waals surface area contributed by atoms with Crippen LogP contribution in [-0.4, -0.2) is 36.6 Å². The van der Waals surface area contributed by atoms with E-state index in [1.807, 2.05) is 0 Å². The molecular formula is C12H16N4. The van der Waals surface area contributed by atoms with Gasteiger partial charge in [-0.3, -0.25) is 0 Å². The maximum absolute atomic E-state index is 8.91. The number of pyridine rings is 1. The number of aromatic nitrogens is 1. The lowest BCUT2D eigenvalue weighted by molar-refractivity contribution is 0.399. The molecule has 0 saturated carbocycles. The largest absolute Gasteiger partial charge is 0.369 e. The van der Waals surface area contributed by atoms with Gasteiger partial charge in [0.15, 0.2) is 0 Å². The zero-order chi connectivity index (χ0) is 11.4. The Bertz CT molecular complexity index is 396. The second-order valence-corrected chi connectivity index (χ2v) is 4.31. The van der Waals surface area contributed by atoms with Gasteiger partial charge in [0.05, 0.1) is 5.56 Å². The predicted molar refractivity (Wildman–Crippen MR) is 63.0 cm³/mol. The van der Waals surface area contributed by atoms with E-state index < -0.39 is 0 Å². The van der Waals surface area contributed by atoms with Gasteiger partial charge in [-0.1, -0.05) is 0 Å². The van der Waals surface area contributed by atoms with Gasteiger partial charge >= 0.3 is 0 Å². The molecule has 1 N–H and O–H groups in total. The van der Waals surface area contributed by atoms with Gasteiger partial charge in [-0.15, -0.1) is 0 Å². The minimum Gasteiger partial charge on any atom is -0.369 e. The Balaban J connectivity index is 1.92. The van der Waals surface area contributed by atoms with Crippen LogP contribution >= 0.6 is 0 Å². The summed E-state index contributed by atoms with van der Waals surface area (Å²) in [6, 6.07) is 5.72. The highest BCUT2D eigenvalue weighted by Gasteiger charge is 2.19. The van der Waals surface area contributed by atoms with Gasteiger partial charge in [-0.05, 0) is 38.1 Å². The zero-order valence-corrected chi connectivity index (χ0v) is 9.48. The van der Waals surface area contributed by atoms with Crippen molar-refractivity contribution in [1.29, 1.82) is 5.26 Å². The first-order valence-electron chi connectivity index (χ1n) is 5.57. The van der Waals surface area contributed by atoms with Crippen LogP contribution in [0.1, 0.15) is 12.0 Å². The highest BCUT2D eigenvalue weighted by Crippen LogP contribution is 2.16. The second kappa shape index (κ2) is 4.95. The summed E-state index contributed by atoms with van der Waals surface area (Å²) >= 11 is 0. The van der Waals surface area contributed by atoms with Crippen molar-refractivity contribution in [3.63, 3.8) is 0 Å².